The Hall–Kier alpha value is -4.11. The first kappa shape index (κ1) is 29.4. The summed E-state index contributed by atoms with van der Waals surface area (Å²) in [5.41, 5.74) is 8.41. The molecule has 0 aliphatic rings. The maximum atomic E-state index is 2.42. The van der Waals surface area contributed by atoms with Gasteiger partial charge in [0.25, 0.3) is 0 Å². The van der Waals surface area contributed by atoms with Crippen molar-refractivity contribution in [1.29, 1.82) is 0 Å². The number of hydrogen-bond acceptors (Lipinski definition) is 0. The van der Waals surface area contributed by atoms with Crippen LogP contribution in [-0.4, -0.2) is 0 Å². The fraction of sp³-hybridized carbons (Fsp3) is 0.308. The number of nitrogens with zero attached hydrogens (tertiary/aromatic N) is 3. The van der Waals surface area contributed by atoms with Crippen LogP contribution in [0.3, 0.4) is 0 Å². The van der Waals surface area contributed by atoms with E-state index in [0.717, 1.165) is 13.1 Å². The Bertz CT molecular complexity index is 1450. The van der Waals surface area contributed by atoms with Gasteiger partial charge in [-0.1, -0.05) is 75.9 Å². The number of pyridine rings is 3. The molecule has 0 saturated carbocycles. The lowest BCUT2D eigenvalue weighted by molar-refractivity contribution is -0.698. The summed E-state index contributed by atoms with van der Waals surface area (Å²) in [7, 11) is 0. The molecule has 5 rings (SSSR count). The molecule has 0 atom stereocenters. The van der Waals surface area contributed by atoms with Crippen LogP contribution >= 0.6 is 0 Å². The van der Waals surface area contributed by atoms with E-state index in [4.69, 9.17) is 0 Å². The highest BCUT2D eigenvalue weighted by atomic mass is 15.0. The second kappa shape index (κ2) is 15.2. The molecule has 0 amide bonds. The van der Waals surface area contributed by atoms with Crippen molar-refractivity contribution in [2.24, 2.45) is 0 Å². The lowest BCUT2D eigenvalue weighted by Crippen LogP contribution is -2.39. The summed E-state index contributed by atoms with van der Waals surface area (Å²) in [5, 5.41) is 0. The number of unbranched alkanes of at least 4 members (excludes halogenated alkanes) is 6. The molecule has 0 bridgehead atoms. The third kappa shape index (κ3) is 7.59. The van der Waals surface area contributed by atoms with Crippen molar-refractivity contribution in [3.8, 4) is 39.3 Å². The van der Waals surface area contributed by atoms with Crippen LogP contribution in [0.4, 0.5) is 0 Å². The summed E-state index contributed by atoms with van der Waals surface area (Å²) < 4.78 is 7.06. The van der Waals surface area contributed by atoms with E-state index in [1.807, 2.05) is 0 Å². The molecule has 0 fully saturated rings. The number of hydrogen-bond donors (Lipinski definition) is 0. The van der Waals surface area contributed by atoms with Crippen molar-refractivity contribution in [2.45, 2.75) is 78.3 Å². The lowest BCUT2D eigenvalue weighted by Gasteiger charge is -2.12. The van der Waals surface area contributed by atoms with E-state index in [1.54, 1.807) is 0 Å². The summed E-state index contributed by atoms with van der Waals surface area (Å²) >= 11 is 0. The van der Waals surface area contributed by atoms with Crippen LogP contribution in [0.1, 0.15) is 65.2 Å². The van der Waals surface area contributed by atoms with Crippen molar-refractivity contribution < 1.29 is 13.7 Å². The molecule has 0 saturated heterocycles. The minimum atomic E-state index is 1.06. The van der Waals surface area contributed by atoms with E-state index in [-0.39, 0.29) is 0 Å². The van der Waals surface area contributed by atoms with E-state index in [1.165, 1.54) is 90.7 Å². The minimum absolute atomic E-state index is 1.06. The minimum Gasteiger partial charge on any atom is -0.205 e. The van der Waals surface area contributed by atoms with E-state index in [2.05, 4.69) is 149 Å². The van der Waals surface area contributed by atoms with Crippen molar-refractivity contribution in [1.82, 2.24) is 0 Å². The van der Waals surface area contributed by atoms with Gasteiger partial charge in [0, 0.05) is 48.2 Å². The lowest BCUT2D eigenvalue weighted by atomic mass is 9.99. The quantitative estimate of drug-likeness (QED) is 0.0958. The normalized spacial score (nSPS) is 11.1. The summed E-state index contributed by atoms with van der Waals surface area (Å²) in [5.74, 6) is 0. The van der Waals surface area contributed by atoms with E-state index in [0.29, 0.717) is 0 Å². The topological polar surface area (TPSA) is 11.6 Å². The van der Waals surface area contributed by atoms with Crippen molar-refractivity contribution in [3.63, 3.8) is 0 Å². The highest BCUT2D eigenvalue weighted by Gasteiger charge is 2.26. The summed E-state index contributed by atoms with van der Waals surface area (Å²) in [4.78, 5) is 0. The molecule has 42 heavy (non-hydrogen) atoms. The highest BCUT2D eigenvalue weighted by molar-refractivity contribution is 5.74. The van der Waals surface area contributed by atoms with Crippen molar-refractivity contribution in [3.05, 3.63) is 122 Å². The van der Waals surface area contributed by atoms with Crippen molar-refractivity contribution >= 4 is 0 Å². The van der Waals surface area contributed by atoms with E-state index < -0.39 is 0 Å². The third-order valence-electron chi connectivity index (χ3n) is 8.10. The third-order valence-corrected chi connectivity index (χ3v) is 8.10. The first-order valence-electron chi connectivity index (χ1n) is 16.0. The van der Waals surface area contributed by atoms with Crippen LogP contribution in [0.5, 0.6) is 0 Å². The largest absolute Gasteiger partial charge is 0.223 e. The first-order valence-corrected chi connectivity index (χ1v) is 16.0. The molecular formula is C39H46N3+3. The summed E-state index contributed by atoms with van der Waals surface area (Å²) in [6.07, 6.45) is 19.1. The van der Waals surface area contributed by atoms with E-state index in [9.17, 15) is 0 Å². The average Bonchev–Trinajstić information content (AvgIpc) is 3.06. The van der Waals surface area contributed by atoms with Gasteiger partial charge in [0.2, 0.25) is 17.1 Å². The molecule has 5 aromatic rings. The van der Waals surface area contributed by atoms with Crippen LogP contribution in [0.2, 0.25) is 0 Å². The number of benzene rings is 2. The van der Waals surface area contributed by atoms with Gasteiger partial charge in [0.05, 0.1) is 12.1 Å². The zero-order valence-electron chi connectivity index (χ0n) is 25.5. The second-order valence-corrected chi connectivity index (χ2v) is 11.3. The van der Waals surface area contributed by atoms with Gasteiger partial charge in [-0.3, -0.25) is 0 Å². The molecule has 3 aromatic heterocycles. The average molecular weight is 557 g/mol. The molecule has 0 aliphatic heterocycles. The molecular weight excluding hydrogens is 510 g/mol. The van der Waals surface area contributed by atoms with Crippen molar-refractivity contribution in [2.75, 3.05) is 0 Å². The molecule has 0 unspecified atom stereocenters. The fourth-order valence-corrected chi connectivity index (χ4v) is 5.67. The van der Waals surface area contributed by atoms with Gasteiger partial charge >= 0.3 is 0 Å². The van der Waals surface area contributed by atoms with Gasteiger partial charge in [-0.25, -0.2) is 9.13 Å². The van der Waals surface area contributed by atoms with Gasteiger partial charge < -0.3 is 0 Å². The fourth-order valence-electron chi connectivity index (χ4n) is 5.67. The molecule has 0 radical (unpaired) electrons. The highest BCUT2D eigenvalue weighted by Crippen LogP contribution is 2.30. The molecule has 3 heteroatoms. The van der Waals surface area contributed by atoms with Crippen LogP contribution in [0.15, 0.2) is 122 Å². The van der Waals surface area contributed by atoms with Gasteiger partial charge in [0.15, 0.2) is 24.8 Å². The molecule has 3 heterocycles. The maximum absolute atomic E-state index is 2.42. The van der Waals surface area contributed by atoms with Crippen LogP contribution < -0.4 is 13.7 Å². The Morgan fingerprint density at radius 1 is 0.429 bits per heavy atom. The van der Waals surface area contributed by atoms with Gasteiger partial charge in [-0.15, -0.1) is 0 Å². The molecule has 214 valence electrons. The Morgan fingerprint density at radius 2 is 0.881 bits per heavy atom. The molecule has 0 N–H and O–H groups in total. The Labute approximate surface area is 252 Å². The first-order chi connectivity index (χ1) is 20.8. The SMILES string of the molecule is CCCCCC[n+]1ccc(-c2cc(-c3ccccc3)[n+](-c3cc[n+](CCCCCC)cc3)c(-c3ccccc3)c2)cc1. The zero-order valence-corrected chi connectivity index (χ0v) is 25.5. The van der Waals surface area contributed by atoms with Gasteiger partial charge in [0.1, 0.15) is 13.1 Å². The Morgan fingerprint density at radius 3 is 1.33 bits per heavy atom. The predicted octanol–water partition coefficient (Wildman–Crippen LogP) is 8.70. The van der Waals surface area contributed by atoms with Crippen LogP contribution in [0, 0.1) is 0 Å². The molecule has 0 aliphatic carbocycles. The predicted molar refractivity (Wildman–Crippen MR) is 173 cm³/mol. The Balaban J connectivity index is 1.58. The zero-order chi connectivity index (χ0) is 29.0. The standard InChI is InChI=1S/C39H46N3/c1-3-5-7-15-25-40-27-21-33(22-28-40)36-31-38(34-17-11-9-12-18-34)42(39(32-36)35-19-13-10-14-20-35)37-23-29-41(30-24-37)26-16-8-6-4-2/h9-14,17-24,27-32H,3-8,15-16,25-26H2,1-2H3/q+3. The van der Waals surface area contributed by atoms with Crippen LogP contribution in [0.25, 0.3) is 39.3 Å². The maximum Gasteiger partial charge on any atom is 0.223 e. The Kier molecular flexibility index (Phi) is 10.6. The molecule has 3 nitrogen and oxygen atoms in total. The number of rotatable bonds is 14. The molecule has 0 spiro atoms. The monoisotopic (exact) mass is 556 g/mol. The molecule has 2 aromatic carbocycles. The van der Waals surface area contributed by atoms with E-state index >= 15 is 0 Å². The number of aromatic nitrogens is 3. The van der Waals surface area contributed by atoms with Gasteiger partial charge in [-0.05, 0) is 48.2 Å². The van der Waals surface area contributed by atoms with Crippen LogP contribution in [-0.2, 0) is 13.1 Å². The smallest absolute Gasteiger partial charge is 0.205 e. The van der Waals surface area contributed by atoms with Gasteiger partial charge in [-0.2, -0.15) is 4.57 Å². The summed E-state index contributed by atoms with van der Waals surface area (Å²) in [6, 6.07) is 35.4. The second-order valence-electron chi connectivity index (χ2n) is 11.3. The number of aryl methyl sites for hydroxylation is 2. The summed E-state index contributed by atoms with van der Waals surface area (Å²) in [6.45, 7) is 6.67.